The van der Waals surface area contributed by atoms with Gasteiger partial charge in [0.15, 0.2) is 0 Å². The number of carbonyl (C=O) groups excluding carboxylic acids is 1. The normalized spacial score (nSPS) is 15.8. The van der Waals surface area contributed by atoms with Crippen LogP contribution < -0.4 is 0 Å². The lowest BCUT2D eigenvalue weighted by atomic mass is 9.85. The Hall–Kier alpha value is -1.31. The van der Waals surface area contributed by atoms with E-state index in [-0.39, 0.29) is 5.91 Å². The highest BCUT2D eigenvalue weighted by molar-refractivity contribution is 5.93. The molecule has 1 fully saturated rings. The molecular weight excluding hydrogens is 186 g/mol. The summed E-state index contributed by atoms with van der Waals surface area (Å²) in [5.41, 5.74) is 0.791. The minimum atomic E-state index is 0.141. The third-order valence-electron chi connectivity index (χ3n) is 3.12. The largest absolute Gasteiger partial charge is 0.341 e. The molecule has 2 heteroatoms. The van der Waals surface area contributed by atoms with Crippen molar-refractivity contribution < 1.29 is 4.79 Å². The quantitative estimate of drug-likeness (QED) is 0.739. The van der Waals surface area contributed by atoms with E-state index >= 15 is 0 Å². The van der Waals surface area contributed by atoms with Crippen LogP contribution in [-0.2, 0) is 0 Å². The van der Waals surface area contributed by atoms with Crippen LogP contribution in [0.3, 0.4) is 0 Å². The van der Waals surface area contributed by atoms with E-state index in [4.69, 9.17) is 0 Å². The van der Waals surface area contributed by atoms with Gasteiger partial charge in [-0.15, -0.1) is 0 Å². The van der Waals surface area contributed by atoms with Crippen molar-refractivity contribution in [1.82, 2.24) is 4.90 Å². The van der Waals surface area contributed by atoms with Crippen molar-refractivity contribution in [3.63, 3.8) is 0 Å². The molecule has 0 aromatic heterocycles. The SMILES string of the molecule is CN(CC1CCC1)C(=O)c1ccccc1. The number of hydrogen-bond acceptors (Lipinski definition) is 1. The first-order valence-corrected chi connectivity index (χ1v) is 5.58. The summed E-state index contributed by atoms with van der Waals surface area (Å²) in [6.07, 6.45) is 3.90. The first-order chi connectivity index (χ1) is 7.27. The van der Waals surface area contributed by atoms with Gasteiger partial charge in [0.25, 0.3) is 5.91 Å². The average molecular weight is 203 g/mol. The number of carbonyl (C=O) groups is 1. The van der Waals surface area contributed by atoms with Crippen LogP contribution in [-0.4, -0.2) is 24.4 Å². The molecule has 0 N–H and O–H groups in total. The van der Waals surface area contributed by atoms with Gasteiger partial charge in [0.2, 0.25) is 0 Å². The molecule has 0 unspecified atom stereocenters. The van der Waals surface area contributed by atoms with Crippen LogP contribution in [0.25, 0.3) is 0 Å². The fourth-order valence-electron chi connectivity index (χ4n) is 1.95. The Labute approximate surface area is 90.9 Å². The second-order valence-electron chi connectivity index (χ2n) is 4.35. The summed E-state index contributed by atoms with van der Waals surface area (Å²) in [4.78, 5) is 13.8. The van der Waals surface area contributed by atoms with E-state index in [0.717, 1.165) is 18.0 Å². The third kappa shape index (κ3) is 2.38. The molecule has 0 bridgehead atoms. The van der Waals surface area contributed by atoms with Crippen LogP contribution in [0.15, 0.2) is 30.3 Å². The Morgan fingerprint density at radius 2 is 2.00 bits per heavy atom. The summed E-state index contributed by atoms with van der Waals surface area (Å²) in [7, 11) is 1.90. The summed E-state index contributed by atoms with van der Waals surface area (Å²) >= 11 is 0. The molecule has 0 spiro atoms. The number of benzene rings is 1. The van der Waals surface area contributed by atoms with Crippen LogP contribution in [0.4, 0.5) is 0 Å². The van der Waals surface area contributed by atoms with E-state index in [1.807, 2.05) is 42.3 Å². The third-order valence-corrected chi connectivity index (χ3v) is 3.12. The van der Waals surface area contributed by atoms with Crippen LogP contribution in [0.2, 0.25) is 0 Å². The van der Waals surface area contributed by atoms with Crippen molar-refractivity contribution in [2.24, 2.45) is 5.92 Å². The predicted molar refractivity (Wildman–Crippen MR) is 60.7 cm³/mol. The number of rotatable bonds is 3. The van der Waals surface area contributed by atoms with Gasteiger partial charge < -0.3 is 4.90 Å². The number of hydrogen-bond donors (Lipinski definition) is 0. The topological polar surface area (TPSA) is 20.3 Å². The Kier molecular flexibility index (Phi) is 3.05. The molecule has 1 aromatic carbocycles. The lowest BCUT2D eigenvalue weighted by Crippen LogP contribution is -2.34. The smallest absolute Gasteiger partial charge is 0.253 e. The van der Waals surface area contributed by atoms with Crippen molar-refractivity contribution in [3.05, 3.63) is 35.9 Å². The van der Waals surface area contributed by atoms with Gasteiger partial charge in [-0.25, -0.2) is 0 Å². The maximum atomic E-state index is 11.9. The Morgan fingerprint density at radius 3 is 2.53 bits per heavy atom. The zero-order chi connectivity index (χ0) is 10.7. The molecule has 15 heavy (non-hydrogen) atoms. The molecule has 1 amide bonds. The number of amides is 1. The fourth-order valence-corrected chi connectivity index (χ4v) is 1.95. The van der Waals surface area contributed by atoms with Crippen molar-refractivity contribution >= 4 is 5.91 Å². The van der Waals surface area contributed by atoms with Crippen LogP contribution in [0.5, 0.6) is 0 Å². The van der Waals surface area contributed by atoms with Crippen LogP contribution in [0.1, 0.15) is 29.6 Å². The minimum Gasteiger partial charge on any atom is -0.341 e. The fraction of sp³-hybridized carbons (Fsp3) is 0.462. The van der Waals surface area contributed by atoms with E-state index in [0.29, 0.717) is 0 Å². The summed E-state index contributed by atoms with van der Waals surface area (Å²) in [6.45, 7) is 0.910. The first kappa shape index (κ1) is 10.2. The standard InChI is InChI=1S/C13H17NO/c1-14(10-11-6-5-7-11)13(15)12-8-3-2-4-9-12/h2-4,8-9,11H,5-7,10H2,1H3. The van der Waals surface area contributed by atoms with Gasteiger partial charge in [0, 0.05) is 19.2 Å². The van der Waals surface area contributed by atoms with Gasteiger partial charge >= 0.3 is 0 Å². The monoisotopic (exact) mass is 203 g/mol. The van der Waals surface area contributed by atoms with E-state index in [1.54, 1.807) is 0 Å². The maximum Gasteiger partial charge on any atom is 0.253 e. The number of nitrogens with zero attached hydrogens (tertiary/aromatic N) is 1. The molecule has 1 aliphatic rings. The molecule has 2 nitrogen and oxygen atoms in total. The summed E-state index contributed by atoms with van der Waals surface area (Å²) < 4.78 is 0. The van der Waals surface area contributed by atoms with Gasteiger partial charge in [0.05, 0.1) is 0 Å². The highest BCUT2D eigenvalue weighted by Gasteiger charge is 2.21. The predicted octanol–water partition coefficient (Wildman–Crippen LogP) is 2.56. The van der Waals surface area contributed by atoms with Gasteiger partial charge in [-0.1, -0.05) is 24.6 Å². The molecule has 0 atom stereocenters. The Balaban J connectivity index is 1.95. The van der Waals surface area contributed by atoms with E-state index < -0.39 is 0 Å². The van der Waals surface area contributed by atoms with Crippen molar-refractivity contribution in [2.45, 2.75) is 19.3 Å². The molecule has 0 radical (unpaired) electrons. The second-order valence-corrected chi connectivity index (χ2v) is 4.35. The zero-order valence-corrected chi connectivity index (χ0v) is 9.15. The molecule has 1 aromatic rings. The molecule has 0 aliphatic heterocycles. The second kappa shape index (κ2) is 4.47. The average Bonchev–Trinajstić information content (AvgIpc) is 2.23. The van der Waals surface area contributed by atoms with Crippen LogP contribution in [0, 0.1) is 5.92 Å². The first-order valence-electron chi connectivity index (χ1n) is 5.58. The zero-order valence-electron chi connectivity index (χ0n) is 9.15. The Bertz CT molecular complexity index is 330. The summed E-state index contributed by atoms with van der Waals surface area (Å²) in [6, 6.07) is 9.50. The molecule has 0 heterocycles. The van der Waals surface area contributed by atoms with Gasteiger partial charge in [-0.05, 0) is 30.9 Å². The minimum absolute atomic E-state index is 0.141. The highest BCUT2D eigenvalue weighted by Crippen LogP contribution is 2.27. The summed E-state index contributed by atoms with van der Waals surface area (Å²) in [5.74, 6) is 0.880. The molecule has 80 valence electrons. The van der Waals surface area contributed by atoms with Gasteiger partial charge in [0.1, 0.15) is 0 Å². The lowest BCUT2D eigenvalue weighted by molar-refractivity contribution is 0.0745. The Morgan fingerprint density at radius 1 is 1.33 bits per heavy atom. The molecule has 1 saturated carbocycles. The van der Waals surface area contributed by atoms with E-state index in [9.17, 15) is 4.79 Å². The lowest BCUT2D eigenvalue weighted by Gasteiger charge is -2.30. The van der Waals surface area contributed by atoms with Crippen molar-refractivity contribution in [2.75, 3.05) is 13.6 Å². The molecule has 0 saturated heterocycles. The summed E-state index contributed by atoms with van der Waals surface area (Å²) in [5, 5.41) is 0. The van der Waals surface area contributed by atoms with E-state index in [2.05, 4.69) is 0 Å². The van der Waals surface area contributed by atoms with Crippen molar-refractivity contribution in [1.29, 1.82) is 0 Å². The molecule has 2 rings (SSSR count). The molecular formula is C13H17NO. The van der Waals surface area contributed by atoms with E-state index in [1.165, 1.54) is 19.3 Å². The van der Waals surface area contributed by atoms with Crippen molar-refractivity contribution in [3.8, 4) is 0 Å². The maximum absolute atomic E-state index is 11.9. The van der Waals surface area contributed by atoms with Gasteiger partial charge in [-0.2, -0.15) is 0 Å². The molecule has 1 aliphatic carbocycles. The van der Waals surface area contributed by atoms with Gasteiger partial charge in [-0.3, -0.25) is 4.79 Å². The van der Waals surface area contributed by atoms with Crippen LogP contribution >= 0.6 is 0 Å². The highest BCUT2D eigenvalue weighted by atomic mass is 16.2.